The van der Waals surface area contributed by atoms with Crippen LogP contribution in [0.15, 0.2) is 12.7 Å². The lowest BCUT2D eigenvalue weighted by molar-refractivity contribution is -0.0317. The first-order chi connectivity index (χ1) is 9.31. The van der Waals surface area contributed by atoms with E-state index in [9.17, 15) is 0 Å². The van der Waals surface area contributed by atoms with Crippen molar-refractivity contribution in [2.75, 3.05) is 18.9 Å². The Kier molecular flexibility index (Phi) is 3.31. The highest BCUT2D eigenvalue weighted by atomic mass is 16.5. The number of imidazole rings is 1. The van der Waals surface area contributed by atoms with Gasteiger partial charge in [-0.15, -0.1) is 0 Å². The number of nitrogen functional groups attached to an aromatic ring is 1. The Balaban J connectivity index is 2.00. The number of aromatic nitrogens is 4. The van der Waals surface area contributed by atoms with Gasteiger partial charge in [-0.1, -0.05) is 0 Å². The van der Waals surface area contributed by atoms with Gasteiger partial charge in [0, 0.05) is 13.2 Å². The second kappa shape index (κ2) is 5.10. The Bertz CT molecular complexity index is 568. The van der Waals surface area contributed by atoms with E-state index in [1.807, 2.05) is 4.57 Å². The second-order valence-corrected chi connectivity index (χ2v) is 4.71. The number of hydrogen-bond donors (Lipinski definition) is 2. The Labute approximate surface area is 110 Å². The van der Waals surface area contributed by atoms with E-state index < -0.39 is 0 Å². The van der Waals surface area contributed by atoms with Gasteiger partial charge in [0.05, 0.1) is 18.5 Å². The summed E-state index contributed by atoms with van der Waals surface area (Å²) >= 11 is 0. The molecule has 1 fully saturated rings. The average molecular weight is 263 g/mol. The summed E-state index contributed by atoms with van der Waals surface area (Å²) in [6, 6.07) is 0.139. The zero-order valence-corrected chi connectivity index (χ0v) is 10.6. The minimum Gasteiger partial charge on any atom is -0.396 e. The Morgan fingerprint density at radius 3 is 3.16 bits per heavy atom. The lowest BCUT2D eigenvalue weighted by Crippen LogP contribution is -2.32. The first kappa shape index (κ1) is 12.3. The van der Waals surface area contributed by atoms with Gasteiger partial charge in [-0.25, -0.2) is 15.0 Å². The third kappa shape index (κ3) is 2.15. The molecule has 2 aromatic rings. The van der Waals surface area contributed by atoms with Gasteiger partial charge in [0.25, 0.3) is 0 Å². The molecular weight excluding hydrogens is 246 g/mol. The van der Waals surface area contributed by atoms with E-state index in [1.54, 1.807) is 6.33 Å². The van der Waals surface area contributed by atoms with E-state index in [4.69, 9.17) is 15.6 Å². The summed E-state index contributed by atoms with van der Waals surface area (Å²) < 4.78 is 7.74. The van der Waals surface area contributed by atoms with Crippen molar-refractivity contribution in [2.45, 2.75) is 31.4 Å². The van der Waals surface area contributed by atoms with E-state index in [0.29, 0.717) is 17.8 Å². The number of ether oxygens (including phenoxy) is 1. The fourth-order valence-electron chi connectivity index (χ4n) is 2.66. The smallest absolute Gasteiger partial charge is 0.165 e. The molecule has 3 N–H and O–H groups in total. The highest BCUT2D eigenvalue weighted by Crippen LogP contribution is 2.30. The molecule has 0 radical (unpaired) electrons. The van der Waals surface area contributed by atoms with Crippen LogP contribution < -0.4 is 5.73 Å². The van der Waals surface area contributed by atoms with Crippen LogP contribution in [0, 0.1) is 0 Å². The van der Waals surface area contributed by atoms with Gasteiger partial charge in [0.15, 0.2) is 11.5 Å². The minimum atomic E-state index is -0.00709. The number of fused-ring (bicyclic) bond motifs is 1. The van der Waals surface area contributed by atoms with E-state index in [1.165, 1.54) is 6.33 Å². The third-order valence-corrected chi connectivity index (χ3v) is 3.56. The van der Waals surface area contributed by atoms with Crippen molar-refractivity contribution in [3.63, 3.8) is 0 Å². The molecule has 7 nitrogen and oxygen atoms in total. The first-order valence-electron chi connectivity index (χ1n) is 6.46. The summed E-state index contributed by atoms with van der Waals surface area (Å²) in [7, 11) is 0. The van der Waals surface area contributed by atoms with Crippen LogP contribution in [-0.4, -0.2) is 43.9 Å². The molecule has 0 saturated carbocycles. The summed E-state index contributed by atoms with van der Waals surface area (Å²) in [5, 5.41) is 9.14. The quantitative estimate of drug-likeness (QED) is 0.837. The van der Waals surface area contributed by atoms with Gasteiger partial charge >= 0.3 is 0 Å². The van der Waals surface area contributed by atoms with E-state index in [0.717, 1.165) is 25.1 Å². The second-order valence-electron chi connectivity index (χ2n) is 4.71. The van der Waals surface area contributed by atoms with Crippen molar-refractivity contribution in [2.24, 2.45) is 0 Å². The number of aliphatic hydroxyl groups is 1. The van der Waals surface area contributed by atoms with Gasteiger partial charge in [0.2, 0.25) is 0 Å². The number of anilines is 1. The molecule has 2 atom stereocenters. The van der Waals surface area contributed by atoms with Crippen molar-refractivity contribution in [1.29, 1.82) is 0 Å². The molecule has 19 heavy (non-hydrogen) atoms. The average Bonchev–Trinajstić information content (AvgIpc) is 2.85. The topological polar surface area (TPSA) is 99.1 Å². The maximum absolute atomic E-state index is 9.14. The Hall–Kier alpha value is -1.73. The summed E-state index contributed by atoms with van der Waals surface area (Å²) in [6.07, 6.45) is 5.77. The molecule has 1 aliphatic rings. The van der Waals surface area contributed by atoms with E-state index in [2.05, 4.69) is 15.0 Å². The lowest BCUT2D eigenvalue weighted by Gasteiger charge is -2.32. The largest absolute Gasteiger partial charge is 0.396 e. The molecule has 0 bridgehead atoms. The molecule has 3 heterocycles. The van der Waals surface area contributed by atoms with Crippen LogP contribution in [-0.2, 0) is 4.74 Å². The van der Waals surface area contributed by atoms with Crippen molar-refractivity contribution in [1.82, 2.24) is 19.5 Å². The number of aliphatic hydroxyl groups excluding tert-OH is 1. The standard InChI is InChI=1S/C12H17N5O2/c13-11-10-12(15-6-14-11)17(7-16-10)8-2-1-5-19-9(8)3-4-18/h6-9,18H,1-5H2,(H2,13,14,15)/t8-,9+/m1/s1. The van der Waals surface area contributed by atoms with Gasteiger partial charge < -0.3 is 20.1 Å². The molecule has 2 aromatic heterocycles. The molecule has 102 valence electrons. The SMILES string of the molecule is Nc1ncnc2c1ncn2[C@@H]1CCCO[C@H]1CCO. The number of hydrogen-bond acceptors (Lipinski definition) is 6. The summed E-state index contributed by atoms with van der Waals surface area (Å²) in [5.74, 6) is 0.388. The number of nitrogens with zero attached hydrogens (tertiary/aromatic N) is 4. The van der Waals surface area contributed by atoms with Crippen LogP contribution in [0.1, 0.15) is 25.3 Å². The van der Waals surface area contributed by atoms with Gasteiger partial charge in [-0.05, 0) is 19.3 Å². The molecular formula is C12H17N5O2. The van der Waals surface area contributed by atoms with Gasteiger partial charge in [0.1, 0.15) is 11.8 Å². The van der Waals surface area contributed by atoms with E-state index in [-0.39, 0.29) is 18.8 Å². The summed E-state index contributed by atoms with van der Waals surface area (Å²) in [4.78, 5) is 12.5. The fraction of sp³-hybridized carbons (Fsp3) is 0.583. The molecule has 0 aromatic carbocycles. The van der Waals surface area contributed by atoms with Crippen molar-refractivity contribution >= 4 is 17.0 Å². The Morgan fingerprint density at radius 2 is 2.32 bits per heavy atom. The molecule has 7 heteroatoms. The molecule has 0 spiro atoms. The van der Waals surface area contributed by atoms with E-state index >= 15 is 0 Å². The highest BCUT2D eigenvalue weighted by Gasteiger charge is 2.28. The van der Waals surface area contributed by atoms with Crippen LogP contribution in [0.5, 0.6) is 0 Å². The molecule has 1 saturated heterocycles. The van der Waals surface area contributed by atoms with Crippen LogP contribution in [0.3, 0.4) is 0 Å². The molecule has 0 unspecified atom stereocenters. The van der Waals surface area contributed by atoms with Crippen LogP contribution >= 0.6 is 0 Å². The van der Waals surface area contributed by atoms with Crippen LogP contribution in [0.4, 0.5) is 5.82 Å². The fourth-order valence-corrected chi connectivity index (χ4v) is 2.66. The summed E-state index contributed by atoms with van der Waals surface area (Å²) in [5.41, 5.74) is 7.14. The highest BCUT2D eigenvalue weighted by molar-refractivity contribution is 5.81. The predicted molar refractivity (Wildman–Crippen MR) is 69.4 cm³/mol. The van der Waals surface area contributed by atoms with Crippen molar-refractivity contribution in [3.05, 3.63) is 12.7 Å². The molecule has 0 aliphatic carbocycles. The minimum absolute atomic E-state index is 0.00709. The zero-order valence-electron chi connectivity index (χ0n) is 10.6. The third-order valence-electron chi connectivity index (χ3n) is 3.56. The van der Waals surface area contributed by atoms with Crippen molar-refractivity contribution < 1.29 is 9.84 Å². The number of nitrogens with two attached hydrogens (primary N) is 1. The monoisotopic (exact) mass is 263 g/mol. The first-order valence-corrected chi connectivity index (χ1v) is 6.46. The van der Waals surface area contributed by atoms with Gasteiger partial charge in [-0.3, -0.25) is 0 Å². The maximum Gasteiger partial charge on any atom is 0.165 e. The summed E-state index contributed by atoms with van der Waals surface area (Å²) in [6.45, 7) is 0.857. The van der Waals surface area contributed by atoms with Crippen molar-refractivity contribution in [3.8, 4) is 0 Å². The van der Waals surface area contributed by atoms with Crippen LogP contribution in [0.2, 0.25) is 0 Å². The zero-order chi connectivity index (χ0) is 13.2. The Morgan fingerprint density at radius 1 is 1.42 bits per heavy atom. The lowest BCUT2D eigenvalue weighted by atomic mass is 10.00. The molecule has 0 amide bonds. The number of rotatable bonds is 3. The predicted octanol–water partition coefficient (Wildman–Crippen LogP) is 0.511. The normalized spacial score (nSPS) is 23.8. The molecule has 1 aliphatic heterocycles. The molecule has 3 rings (SSSR count). The van der Waals surface area contributed by atoms with Crippen LogP contribution in [0.25, 0.3) is 11.2 Å². The van der Waals surface area contributed by atoms with Gasteiger partial charge in [-0.2, -0.15) is 0 Å². The maximum atomic E-state index is 9.14.